The zero-order valence-electron chi connectivity index (χ0n) is 7.93. The highest BCUT2D eigenvalue weighted by atomic mass is 79.9. The van der Waals surface area contributed by atoms with Crippen LogP contribution in [0, 0.1) is 12.7 Å². The minimum atomic E-state index is -0.614. The first-order valence-corrected chi connectivity index (χ1v) is 5.19. The van der Waals surface area contributed by atoms with Gasteiger partial charge in [-0.3, -0.25) is 0 Å². The van der Waals surface area contributed by atoms with Gasteiger partial charge < -0.3 is 10.8 Å². The third kappa shape index (κ3) is 2.53. The van der Waals surface area contributed by atoms with E-state index >= 15 is 0 Å². The molecule has 4 heteroatoms. The lowest BCUT2D eigenvalue weighted by atomic mass is 10.0. The molecule has 1 rings (SSSR count). The van der Waals surface area contributed by atoms with Crippen LogP contribution in [0.1, 0.15) is 23.7 Å². The van der Waals surface area contributed by atoms with Crippen molar-refractivity contribution >= 4 is 15.9 Å². The van der Waals surface area contributed by atoms with E-state index in [9.17, 15) is 9.50 Å². The van der Waals surface area contributed by atoms with Crippen molar-refractivity contribution < 1.29 is 9.50 Å². The maximum Gasteiger partial charge on any atom is 0.137 e. The predicted molar refractivity (Wildman–Crippen MR) is 57.5 cm³/mol. The highest BCUT2D eigenvalue weighted by Crippen LogP contribution is 2.26. The van der Waals surface area contributed by atoms with E-state index in [1.807, 2.05) is 0 Å². The highest BCUT2D eigenvalue weighted by Gasteiger charge is 2.12. The van der Waals surface area contributed by atoms with Crippen LogP contribution in [0.15, 0.2) is 16.6 Å². The number of aliphatic hydroxyl groups excluding tert-OH is 1. The summed E-state index contributed by atoms with van der Waals surface area (Å²) in [6.45, 7) is 2.18. The average molecular weight is 262 g/mol. The van der Waals surface area contributed by atoms with Gasteiger partial charge in [0.15, 0.2) is 0 Å². The molecule has 1 unspecified atom stereocenters. The molecule has 0 fully saturated rings. The van der Waals surface area contributed by atoms with Crippen molar-refractivity contribution in [3.05, 3.63) is 33.5 Å². The molecular formula is C10H13BrFNO. The molecule has 1 atom stereocenters. The highest BCUT2D eigenvalue weighted by molar-refractivity contribution is 9.10. The Hall–Kier alpha value is -0.450. The number of halogens is 2. The van der Waals surface area contributed by atoms with Gasteiger partial charge in [-0.05, 0) is 59.1 Å². The number of rotatable bonds is 3. The summed E-state index contributed by atoms with van der Waals surface area (Å²) in [7, 11) is 0. The maximum atomic E-state index is 13.1. The molecule has 1 aromatic rings. The smallest absolute Gasteiger partial charge is 0.137 e. The summed E-state index contributed by atoms with van der Waals surface area (Å²) in [5.74, 6) is -0.314. The number of benzene rings is 1. The minimum Gasteiger partial charge on any atom is -0.388 e. The summed E-state index contributed by atoms with van der Waals surface area (Å²) in [4.78, 5) is 0. The predicted octanol–water partition coefficient (Wildman–Crippen LogP) is 2.28. The van der Waals surface area contributed by atoms with Gasteiger partial charge in [-0.1, -0.05) is 0 Å². The lowest BCUT2D eigenvalue weighted by molar-refractivity contribution is 0.169. The van der Waals surface area contributed by atoms with Crippen LogP contribution in [0.3, 0.4) is 0 Å². The van der Waals surface area contributed by atoms with Crippen LogP contribution in [0.4, 0.5) is 4.39 Å². The molecule has 0 saturated heterocycles. The molecule has 0 amide bonds. The molecule has 0 aliphatic rings. The van der Waals surface area contributed by atoms with Crippen molar-refractivity contribution in [1.82, 2.24) is 0 Å². The van der Waals surface area contributed by atoms with Gasteiger partial charge in [-0.15, -0.1) is 0 Å². The van der Waals surface area contributed by atoms with Crippen molar-refractivity contribution in [2.24, 2.45) is 5.73 Å². The first-order valence-electron chi connectivity index (χ1n) is 4.40. The fraction of sp³-hybridized carbons (Fsp3) is 0.400. The van der Waals surface area contributed by atoms with E-state index in [0.717, 1.165) is 11.1 Å². The van der Waals surface area contributed by atoms with Crippen LogP contribution in [0.25, 0.3) is 0 Å². The van der Waals surface area contributed by atoms with E-state index in [1.165, 1.54) is 6.07 Å². The summed E-state index contributed by atoms with van der Waals surface area (Å²) < 4.78 is 13.4. The fourth-order valence-corrected chi connectivity index (χ4v) is 1.70. The van der Waals surface area contributed by atoms with Crippen molar-refractivity contribution in [1.29, 1.82) is 0 Å². The zero-order chi connectivity index (χ0) is 10.7. The monoisotopic (exact) mass is 261 g/mol. The molecule has 0 radical (unpaired) electrons. The second-order valence-electron chi connectivity index (χ2n) is 3.22. The molecule has 2 nitrogen and oxygen atoms in total. The molecule has 0 bridgehead atoms. The van der Waals surface area contributed by atoms with Crippen molar-refractivity contribution in [2.45, 2.75) is 19.4 Å². The van der Waals surface area contributed by atoms with Gasteiger partial charge in [0.1, 0.15) is 5.82 Å². The van der Waals surface area contributed by atoms with Gasteiger partial charge >= 0.3 is 0 Å². The molecule has 0 aromatic heterocycles. The molecule has 14 heavy (non-hydrogen) atoms. The summed E-state index contributed by atoms with van der Waals surface area (Å²) in [6.07, 6.45) is -0.129. The first-order chi connectivity index (χ1) is 6.56. The molecule has 0 aliphatic heterocycles. The minimum absolute atomic E-state index is 0.314. The van der Waals surface area contributed by atoms with Gasteiger partial charge in [0, 0.05) is 0 Å². The van der Waals surface area contributed by atoms with Gasteiger partial charge in [0.25, 0.3) is 0 Å². The molecule has 0 spiro atoms. The van der Waals surface area contributed by atoms with Crippen LogP contribution in [-0.2, 0) is 0 Å². The Labute approximate surface area is 91.1 Å². The standard InChI is InChI=1S/C10H13BrFNO/c1-6-4-9(12)8(11)5-7(6)10(14)2-3-13/h4-5,10,14H,2-3,13H2,1H3. The zero-order valence-corrected chi connectivity index (χ0v) is 9.51. The first kappa shape index (κ1) is 11.6. The van der Waals surface area contributed by atoms with Crippen LogP contribution in [-0.4, -0.2) is 11.7 Å². The van der Waals surface area contributed by atoms with Crippen molar-refractivity contribution in [3.63, 3.8) is 0 Å². The van der Waals surface area contributed by atoms with Gasteiger partial charge in [-0.2, -0.15) is 0 Å². The maximum absolute atomic E-state index is 13.1. The van der Waals surface area contributed by atoms with Crippen LogP contribution < -0.4 is 5.73 Å². The molecule has 1 aromatic carbocycles. The van der Waals surface area contributed by atoms with E-state index in [0.29, 0.717) is 17.4 Å². The summed E-state index contributed by atoms with van der Waals surface area (Å²) >= 11 is 3.08. The molecule has 0 saturated carbocycles. The summed E-state index contributed by atoms with van der Waals surface area (Å²) in [5, 5.41) is 9.69. The normalized spacial score (nSPS) is 12.9. The molecule has 0 aliphatic carbocycles. The number of hydrogen-bond donors (Lipinski definition) is 2. The molecule has 3 N–H and O–H groups in total. The Kier molecular flexibility index (Phi) is 4.04. The summed E-state index contributed by atoms with van der Waals surface area (Å²) in [5.41, 5.74) is 6.81. The Morgan fingerprint density at radius 3 is 2.79 bits per heavy atom. The van der Waals surface area contributed by atoms with E-state index in [2.05, 4.69) is 15.9 Å². The van der Waals surface area contributed by atoms with E-state index < -0.39 is 6.10 Å². The SMILES string of the molecule is Cc1cc(F)c(Br)cc1C(O)CCN. The molecular weight excluding hydrogens is 249 g/mol. The van der Waals surface area contributed by atoms with E-state index in [-0.39, 0.29) is 5.82 Å². The van der Waals surface area contributed by atoms with Gasteiger partial charge in [-0.25, -0.2) is 4.39 Å². The number of nitrogens with two attached hydrogens (primary N) is 1. The van der Waals surface area contributed by atoms with Crippen LogP contribution in [0.5, 0.6) is 0 Å². The van der Waals surface area contributed by atoms with Crippen LogP contribution >= 0.6 is 15.9 Å². The van der Waals surface area contributed by atoms with E-state index in [4.69, 9.17) is 5.73 Å². The Morgan fingerprint density at radius 1 is 1.57 bits per heavy atom. The van der Waals surface area contributed by atoms with Crippen molar-refractivity contribution in [2.75, 3.05) is 6.54 Å². The second kappa shape index (κ2) is 4.87. The Morgan fingerprint density at radius 2 is 2.21 bits per heavy atom. The third-order valence-corrected chi connectivity index (χ3v) is 2.72. The molecule has 0 heterocycles. The second-order valence-corrected chi connectivity index (χ2v) is 4.07. The third-order valence-electron chi connectivity index (χ3n) is 2.11. The Bertz CT molecular complexity index is 330. The van der Waals surface area contributed by atoms with Crippen LogP contribution in [0.2, 0.25) is 0 Å². The fourth-order valence-electron chi connectivity index (χ4n) is 1.33. The molecule has 78 valence electrons. The quantitative estimate of drug-likeness (QED) is 0.877. The lowest BCUT2D eigenvalue weighted by Gasteiger charge is -2.13. The number of aliphatic hydroxyl groups is 1. The average Bonchev–Trinajstić information content (AvgIpc) is 2.11. The topological polar surface area (TPSA) is 46.2 Å². The Balaban J connectivity index is 3.02. The van der Waals surface area contributed by atoms with E-state index in [1.54, 1.807) is 13.0 Å². The van der Waals surface area contributed by atoms with Gasteiger partial charge in [0.2, 0.25) is 0 Å². The summed E-state index contributed by atoms with van der Waals surface area (Å²) in [6, 6.07) is 3.00. The number of aryl methyl sites for hydroxylation is 1. The number of hydrogen-bond acceptors (Lipinski definition) is 2. The largest absolute Gasteiger partial charge is 0.388 e. The lowest BCUT2D eigenvalue weighted by Crippen LogP contribution is -2.08. The van der Waals surface area contributed by atoms with Gasteiger partial charge in [0.05, 0.1) is 10.6 Å². The van der Waals surface area contributed by atoms with Crippen molar-refractivity contribution in [3.8, 4) is 0 Å².